The van der Waals surface area contributed by atoms with Gasteiger partial charge in [-0.1, -0.05) is 37.3 Å². The van der Waals surface area contributed by atoms with Crippen LogP contribution in [0.25, 0.3) is 0 Å². The molecule has 0 aliphatic heterocycles. The predicted molar refractivity (Wildman–Crippen MR) is 130 cm³/mol. The number of hydrogen-bond donors (Lipinski definition) is 1. The molecule has 0 unspecified atom stereocenters. The van der Waals surface area contributed by atoms with E-state index in [0.29, 0.717) is 24.4 Å². The van der Waals surface area contributed by atoms with Gasteiger partial charge in [0, 0.05) is 13.1 Å². The van der Waals surface area contributed by atoms with Crippen LogP contribution in [0.5, 0.6) is 5.75 Å². The molecule has 9 heteroatoms. The van der Waals surface area contributed by atoms with E-state index in [1.54, 1.807) is 31.2 Å². The average molecular weight is 476 g/mol. The lowest BCUT2D eigenvalue weighted by Crippen LogP contribution is -2.52. The molecule has 0 aromatic heterocycles. The molecule has 0 aliphatic carbocycles. The minimum absolute atomic E-state index is 0.270. The normalized spacial score (nSPS) is 12.0. The highest BCUT2D eigenvalue weighted by Gasteiger charge is 2.29. The minimum atomic E-state index is -3.75. The maximum atomic E-state index is 13.4. The fraction of sp³-hybridized carbons (Fsp3) is 0.417. The Bertz CT molecular complexity index is 1010. The summed E-state index contributed by atoms with van der Waals surface area (Å²) in [5.41, 5.74) is 1.37. The van der Waals surface area contributed by atoms with Crippen molar-refractivity contribution in [3.05, 3.63) is 60.2 Å². The van der Waals surface area contributed by atoms with E-state index in [9.17, 15) is 18.0 Å². The molecule has 0 saturated carbocycles. The van der Waals surface area contributed by atoms with Gasteiger partial charge in [-0.3, -0.25) is 13.9 Å². The van der Waals surface area contributed by atoms with Gasteiger partial charge < -0.3 is 15.0 Å². The highest BCUT2D eigenvalue weighted by Crippen LogP contribution is 2.22. The van der Waals surface area contributed by atoms with Crippen molar-refractivity contribution < 1.29 is 22.7 Å². The summed E-state index contributed by atoms with van der Waals surface area (Å²) in [6, 6.07) is 15.3. The molecule has 33 heavy (non-hydrogen) atoms. The minimum Gasteiger partial charge on any atom is -0.497 e. The molecule has 0 bridgehead atoms. The lowest BCUT2D eigenvalue weighted by atomic mass is 10.1. The van der Waals surface area contributed by atoms with Gasteiger partial charge in [0.05, 0.1) is 19.1 Å². The summed E-state index contributed by atoms with van der Waals surface area (Å²) < 4.78 is 31.2. The fourth-order valence-corrected chi connectivity index (χ4v) is 4.18. The van der Waals surface area contributed by atoms with Crippen LogP contribution in [0.15, 0.2) is 54.6 Å². The zero-order chi connectivity index (χ0) is 24.4. The number of amides is 2. The van der Waals surface area contributed by atoms with Crippen molar-refractivity contribution in [1.29, 1.82) is 0 Å². The molecule has 0 saturated heterocycles. The van der Waals surface area contributed by atoms with Gasteiger partial charge in [0.1, 0.15) is 18.3 Å². The van der Waals surface area contributed by atoms with Crippen molar-refractivity contribution in [1.82, 2.24) is 10.2 Å². The summed E-state index contributed by atoms with van der Waals surface area (Å²) in [6.07, 6.45) is 2.37. The SMILES string of the molecule is CCCNC(=O)[C@@H](C)N(CCc1ccccc1)C(=O)CN(c1ccc(OC)cc1)S(C)(=O)=O. The maximum absolute atomic E-state index is 13.4. The van der Waals surface area contributed by atoms with Crippen LogP contribution in [-0.4, -0.2) is 64.2 Å². The van der Waals surface area contributed by atoms with Crippen LogP contribution in [0.1, 0.15) is 25.8 Å². The highest BCUT2D eigenvalue weighted by molar-refractivity contribution is 7.92. The lowest BCUT2D eigenvalue weighted by Gasteiger charge is -2.31. The van der Waals surface area contributed by atoms with Crippen LogP contribution in [0.3, 0.4) is 0 Å². The maximum Gasteiger partial charge on any atom is 0.244 e. The van der Waals surface area contributed by atoms with Gasteiger partial charge in [-0.2, -0.15) is 0 Å². The zero-order valence-electron chi connectivity index (χ0n) is 19.7. The van der Waals surface area contributed by atoms with Crippen molar-refractivity contribution in [3.8, 4) is 5.75 Å². The summed E-state index contributed by atoms with van der Waals surface area (Å²) in [4.78, 5) is 27.4. The first-order valence-electron chi connectivity index (χ1n) is 10.9. The van der Waals surface area contributed by atoms with Crippen LogP contribution in [-0.2, 0) is 26.0 Å². The van der Waals surface area contributed by atoms with Crippen molar-refractivity contribution >= 4 is 27.5 Å². The Morgan fingerprint density at radius 1 is 1.06 bits per heavy atom. The number of benzene rings is 2. The highest BCUT2D eigenvalue weighted by atomic mass is 32.2. The smallest absolute Gasteiger partial charge is 0.244 e. The molecule has 8 nitrogen and oxygen atoms in total. The number of hydrogen-bond acceptors (Lipinski definition) is 5. The van der Waals surface area contributed by atoms with Crippen LogP contribution < -0.4 is 14.4 Å². The second-order valence-corrected chi connectivity index (χ2v) is 9.66. The van der Waals surface area contributed by atoms with E-state index in [-0.39, 0.29) is 12.5 Å². The molecule has 180 valence electrons. The largest absolute Gasteiger partial charge is 0.497 e. The van der Waals surface area contributed by atoms with E-state index < -0.39 is 28.5 Å². The van der Waals surface area contributed by atoms with E-state index in [0.717, 1.165) is 22.5 Å². The molecule has 0 fully saturated rings. The van der Waals surface area contributed by atoms with Crippen LogP contribution in [0, 0.1) is 0 Å². The second-order valence-electron chi connectivity index (χ2n) is 7.76. The van der Waals surface area contributed by atoms with Crippen molar-refractivity contribution in [2.75, 3.05) is 37.3 Å². The average Bonchev–Trinajstić information content (AvgIpc) is 2.81. The van der Waals surface area contributed by atoms with E-state index >= 15 is 0 Å². The Morgan fingerprint density at radius 3 is 2.24 bits per heavy atom. The third kappa shape index (κ3) is 7.78. The standard InChI is InChI=1S/C24H33N3O5S/c1-5-16-25-24(29)19(2)26(17-15-20-9-7-6-8-10-20)23(28)18-27(33(4,30)31)21-11-13-22(32-3)14-12-21/h6-14,19H,5,15-18H2,1-4H3,(H,25,29)/t19-/m1/s1. The molecule has 2 amide bonds. The van der Waals surface area contributed by atoms with Crippen LogP contribution in [0.2, 0.25) is 0 Å². The Kier molecular flexibility index (Phi) is 9.72. The molecule has 2 aromatic rings. The van der Waals surface area contributed by atoms with Crippen molar-refractivity contribution in [2.24, 2.45) is 0 Å². The molecular weight excluding hydrogens is 442 g/mol. The number of sulfonamides is 1. The first-order valence-corrected chi connectivity index (χ1v) is 12.7. The molecule has 1 N–H and O–H groups in total. The summed E-state index contributed by atoms with van der Waals surface area (Å²) >= 11 is 0. The third-order valence-electron chi connectivity index (χ3n) is 5.24. The Labute approximate surface area is 196 Å². The van der Waals surface area contributed by atoms with Gasteiger partial charge in [0.15, 0.2) is 0 Å². The number of nitrogens with one attached hydrogen (secondary N) is 1. The Balaban J connectivity index is 2.27. The van der Waals surface area contributed by atoms with Gasteiger partial charge in [-0.05, 0) is 49.6 Å². The number of ether oxygens (including phenoxy) is 1. The van der Waals surface area contributed by atoms with Gasteiger partial charge in [-0.15, -0.1) is 0 Å². The Morgan fingerprint density at radius 2 is 1.70 bits per heavy atom. The molecule has 0 aliphatic rings. The van der Waals surface area contributed by atoms with Crippen molar-refractivity contribution in [3.63, 3.8) is 0 Å². The van der Waals surface area contributed by atoms with Gasteiger partial charge in [-0.25, -0.2) is 8.42 Å². The molecule has 0 radical (unpaired) electrons. The quantitative estimate of drug-likeness (QED) is 0.509. The van der Waals surface area contributed by atoms with Crippen LogP contribution >= 0.6 is 0 Å². The predicted octanol–water partition coefficient (Wildman–Crippen LogP) is 2.45. The summed E-state index contributed by atoms with van der Waals surface area (Å²) in [6.45, 7) is 3.98. The monoisotopic (exact) mass is 475 g/mol. The Hall–Kier alpha value is -3.07. The second kappa shape index (κ2) is 12.2. The molecule has 0 heterocycles. The number of carbonyl (C=O) groups is 2. The fourth-order valence-electron chi connectivity index (χ4n) is 3.33. The summed E-state index contributed by atoms with van der Waals surface area (Å²) in [5, 5.41) is 2.81. The van der Waals surface area contributed by atoms with E-state index in [4.69, 9.17) is 4.74 Å². The number of carbonyl (C=O) groups excluding carboxylic acids is 2. The molecule has 1 atom stereocenters. The first kappa shape index (κ1) is 26.2. The summed E-state index contributed by atoms with van der Waals surface area (Å²) in [5.74, 6) is -0.149. The molecule has 2 aromatic carbocycles. The van der Waals surface area contributed by atoms with Gasteiger partial charge in [0.2, 0.25) is 21.8 Å². The van der Waals surface area contributed by atoms with Crippen molar-refractivity contribution in [2.45, 2.75) is 32.7 Å². The lowest BCUT2D eigenvalue weighted by molar-refractivity contribution is -0.138. The van der Waals surface area contributed by atoms with E-state index in [1.165, 1.54) is 12.0 Å². The topological polar surface area (TPSA) is 96.0 Å². The molecule has 0 spiro atoms. The number of rotatable bonds is 12. The van der Waals surface area contributed by atoms with Gasteiger partial charge in [0.25, 0.3) is 0 Å². The number of methoxy groups -OCH3 is 1. The zero-order valence-corrected chi connectivity index (χ0v) is 20.5. The first-order chi connectivity index (χ1) is 15.7. The number of nitrogens with zero attached hydrogens (tertiary/aromatic N) is 2. The molecular formula is C24H33N3O5S. The third-order valence-corrected chi connectivity index (χ3v) is 6.38. The van der Waals surface area contributed by atoms with Crippen LogP contribution in [0.4, 0.5) is 5.69 Å². The van der Waals surface area contributed by atoms with E-state index in [1.807, 2.05) is 37.3 Å². The van der Waals surface area contributed by atoms with Gasteiger partial charge >= 0.3 is 0 Å². The molecule has 2 rings (SSSR count). The summed E-state index contributed by atoms with van der Waals surface area (Å²) in [7, 11) is -2.23. The van der Waals surface area contributed by atoms with E-state index in [2.05, 4.69) is 5.32 Å². The number of anilines is 1.